The molecule has 32 heavy (non-hydrogen) atoms. The van der Waals surface area contributed by atoms with Gasteiger partial charge in [-0.1, -0.05) is 0 Å². The molecule has 10 heteroatoms. The molecule has 1 amide bonds. The highest BCUT2D eigenvalue weighted by atomic mass is 32.2. The molecular formula is C22H27N5O4S. The largest absolute Gasteiger partial charge is 0.465 e. The van der Waals surface area contributed by atoms with Crippen LogP contribution in [0.25, 0.3) is 11.0 Å². The maximum absolute atomic E-state index is 12.4. The molecule has 5 rings (SSSR count). The number of aromatic nitrogens is 4. The Morgan fingerprint density at radius 1 is 1.28 bits per heavy atom. The van der Waals surface area contributed by atoms with Crippen molar-refractivity contribution in [3.05, 3.63) is 42.0 Å². The summed E-state index contributed by atoms with van der Waals surface area (Å²) in [6.45, 7) is 2.55. The molecule has 0 radical (unpaired) electrons. The van der Waals surface area contributed by atoms with Gasteiger partial charge < -0.3 is 9.67 Å². The van der Waals surface area contributed by atoms with Crippen LogP contribution < -0.4 is 4.90 Å². The normalized spacial score (nSPS) is 22.7. The molecule has 0 bridgehead atoms. The highest BCUT2D eigenvalue weighted by molar-refractivity contribution is 7.91. The fourth-order valence-corrected chi connectivity index (χ4v) is 6.85. The summed E-state index contributed by atoms with van der Waals surface area (Å²) in [5, 5.41) is 14.0. The molecule has 2 aliphatic rings. The molecule has 2 aromatic heterocycles. The van der Waals surface area contributed by atoms with E-state index in [1.54, 1.807) is 6.20 Å². The Kier molecular flexibility index (Phi) is 5.19. The number of aryl methyl sites for hydroxylation is 3. The topological polar surface area (TPSA) is 110 Å². The van der Waals surface area contributed by atoms with E-state index in [1.807, 2.05) is 36.0 Å². The van der Waals surface area contributed by atoms with Crippen LogP contribution in [0.4, 0.5) is 10.5 Å². The van der Waals surface area contributed by atoms with Crippen LogP contribution in [0.5, 0.6) is 0 Å². The second kappa shape index (κ2) is 7.91. The zero-order valence-electron chi connectivity index (χ0n) is 18.0. The molecule has 170 valence electrons. The Morgan fingerprint density at radius 3 is 2.84 bits per heavy atom. The maximum atomic E-state index is 12.4. The quantitative estimate of drug-likeness (QED) is 0.645. The lowest BCUT2D eigenvalue weighted by Gasteiger charge is -2.33. The first-order valence-corrected chi connectivity index (χ1v) is 12.9. The first-order valence-electron chi connectivity index (χ1n) is 11.1. The van der Waals surface area contributed by atoms with Gasteiger partial charge in [-0.2, -0.15) is 5.10 Å². The molecule has 4 heterocycles. The minimum atomic E-state index is -3.10. The van der Waals surface area contributed by atoms with Crippen LogP contribution in [0.1, 0.15) is 43.6 Å². The van der Waals surface area contributed by atoms with Crippen LogP contribution in [0.2, 0.25) is 0 Å². The minimum Gasteiger partial charge on any atom is -0.465 e. The highest BCUT2D eigenvalue weighted by Crippen LogP contribution is 2.38. The van der Waals surface area contributed by atoms with Crippen LogP contribution in [-0.4, -0.2) is 56.5 Å². The van der Waals surface area contributed by atoms with E-state index in [-0.39, 0.29) is 23.6 Å². The van der Waals surface area contributed by atoms with Gasteiger partial charge in [-0.3, -0.25) is 9.58 Å². The average molecular weight is 458 g/mol. The van der Waals surface area contributed by atoms with E-state index in [0.717, 1.165) is 41.7 Å². The molecule has 1 saturated heterocycles. The molecular weight excluding hydrogens is 430 g/mol. The summed E-state index contributed by atoms with van der Waals surface area (Å²) in [5.74, 6) is 1.17. The van der Waals surface area contributed by atoms with Gasteiger partial charge in [0.2, 0.25) is 0 Å². The maximum Gasteiger partial charge on any atom is 0.412 e. The van der Waals surface area contributed by atoms with E-state index in [4.69, 9.17) is 4.98 Å². The van der Waals surface area contributed by atoms with Gasteiger partial charge in [0.25, 0.3) is 0 Å². The highest BCUT2D eigenvalue weighted by Gasteiger charge is 2.33. The Labute approximate surface area is 186 Å². The summed E-state index contributed by atoms with van der Waals surface area (Å²) in [6, 6.07) is 5.38. The Bertz CT molecular complexity index is 1270. The number of anilines is 1. The predicted molar refractivity (Wildman–Crippen MR) is 121 cm³/mol. The van der Waals surface area contributed by atoms with E-state index >= 15 is 0 Å². The third kappa shape index (κ3) is 3.66. The van der Waals surface area contributed by atoms with Crippen LogP contribution in [0.3, 0.4) is 0 Å². The molecule has 0 saturated carbocycles. The molecule has 3 aromatic rings. The number of imidazole rings is 1. The summed E-state index contributed by atoms with van der Waals surface area (Å²) in [7, 11) is -3.10. The Balaban J connectivity index is 1.64. The number of benzene rings is 1. The van der Waals surface area contributed by atoms with E-state index in [0.29, 0.717) is 25.1 Å². The van der Waals surface area contributed by atoms with Crippen LogP contribution >= 0.6 is 0 Å². The zero-order valence-corrected chi connectivity index (χ0v) is 18.8. The second-order valence-corrected chi connectivity index (χ2v) is 11.0. The van der Waals surface area contributed by atoms with E-state index in [9.17, 15) is 18.3 Å². The summed E-state index contributed by atoms with van der Waals surface area (Å²) in [5.41, 5.74) is 3.30. The van der Waals surface area contributed by atoms with Gasteiger partial charge >= 0.3 is 6.09 Å². The number of fused-ring (bicyclic) bond motifs is 3. The van der Waals surface area contributed by atoms with Crippen LogP contribution in [0.15, 0.2) is 30.6 Å². The van der Waals surface area contributed by atoms with Crippen LogP contribution in [0, 0.1) is 0 Å². The number of amides is 1. The van der Waals surface area contributed by atoms with E-state index < -0.39 is 15.9 Å². The molecule has 1 aromatic carbocycles. The van der Waals surface area contributed by atoms with Crippen molar-refractivity contribution < 1.29 is 18.3 Å². The number of carboxylic acid groups (broad SMARTS) is 1. The first-order chi connectivity index (χ1) is 15.3. The third-order valence-corrected chi connectivity index (χ3v) is 8.46. The van der Waals surface area contributed by atoms with Crippen molar-refractivity contribution in [2.45, 2.75) is 57.7 Å². The number of carbonyl (C=O) groups is 1. The summed E-state index contributed by atoms with van der Waals surface area (Å²) in [6.07, 6.45) is 6.17. The van der Waals surface area contributed by atoms with Crippen molar-refractivity contribution in [1.82, 2.24) is 19.3 Å². The van der Waals surface area contributed by atoms with Crippen molar-refractivity contribution in [2.24, 2.45) is 0 Å². The van der Waals surface area contributed by atoms with Gasteiger partial charge in [-0.15, -0.1) is 0 Å². The predicted octanol–water partition coefficient (Wildman–Crippen LogP) is 3.04. The lowest BCUT2D eigenvalue weighted by atomic mass is 9.95. The van der Waals surface area contributed by atoms with Crippen LogP contribution in [-0.2, 0) is 29.2 Å². The molecule has 9 nitrogen and oxygen atoms in total. The Morgan fingerprint density at radius 2 is 2.12 bits per heavy atom. The number of hydrogen-bond acceptors (Lipinski definition) is 5. The number of rotatable bonds is 4. The number of sulfone groups is 1. The molecule has 0 aliphatic carbocycles. The fraction of sp³-hybridized carbons (Fsp3) is 0.500. The molecule has 2 aliphatic heterocycles. The molecule has 1 N–H and O–H groups in total. The zero-order chi connectivity index (χ0) is 22.5. The lowest BCUT2D eigenvalue weighted by Crippen LogP contribution is -2.41. The molecule has 2 atom stereocenters. The fourth-order valence-electron chi connectivity index (χ4n) is 5.17. The van der Waals surface area contributed by atoms with Crippen molar-refractivity contribution in [1.29, 1.82) is 0 Å². The van der Waals surface area contributed by atoms with Crippen molar-refractivity contribution >= 4 is 32.7 Å². The summed E-state index contributed by atoms with van der Waals surface area (Å²) >= 11 is 0. The molecule has 0 spiro atoms. The SMILES string of the molecule is C[C@H]1CCc2c(ccc3c2nc(CCn2cccn2)n3[C@@H]2CCCS(=O)(=O)C2)N1C(=O)O. The monoisotopic (exact) mass is 457 g/mol. The van der Waals surface area contributed by atoms with Gasteiger partial charge in [-0.05, 0) is 50.8 Å². The number of nitrogens with zero attached hydrogens (tertiary/aromatic N) is 5. The molecule has 0 unspecified atom stereocenters. The van der Waals surface area contributed by atoms with Crippen molar-refractivity contribution in [2.75, 3.05) is 16.4 Å². The summed E-state index contributed by atoms with van der Waals surface area (Å²) < 4.78 is 28.8. The second-order valence-electron chi connectivity index (χ2n) is 8.80. The standard InChI is InChI=1S/C22H27N5O4S/c1-15-5-6-17-18(26(15)22(28)29)7-8-19-21(17)24-20(9-12-25-11-3-10-23-25)27(19)16-4-2-13-32(30,31)14-16/h3,7-8,10-11,15-16H,2,4-6,9,12-14H2,1H3,(H,28,29)/t15-,16+/m0/s1. The van der Waals surface area contributed by atoms with E-state index in [1.165, 1.54) is 4.90 Å². The minimum absolute atomic E-state index is 0.0951. The van der Waals surface area contributed by atoms with Gasteiger partial charge in [0.1, 0.15) is 5.82 Å². The van der Waals surface area contributed by atoms with E-state index in [2.05, 4.69) is 9.67 Å². The van der Waals surface area contributed by atoms with Gasteiger partial charge in [0.15, 0.2) is 9.84 Å². The van der Waals surface area contributed by atoms with Gasteiger partial charge in [0, 0.05) is 43.0 Å². The number of hydrogen-bond donors (Lipinski definition) is 1. The smallest absolute Gasteiger partial charge is 0.412 e. The van der Waals surface area contributed by atoms with Gasteiger partial charge in [0.05, 0.1) is 28.2 Å². The molecule has 1 fully saturated rings. The third-order valence-electron chi connectivity index (χ3n) is 6.66. The Hall–Kier alpha value is -2.88. The summed E-state index contributed by atoms with van der Waals surface area (Å²) in [4.78, 5) is 18.3. The lowest BCUT2D eigenvalue weighted by molar-refractivity contribution is 0.198. The van der Waals surface area contributed by atoms with Gasteiger partial charge in [-0.25, -0.2) is 18.2 Å². The average Bonchev–Trinajstić information content (AvgIpc) is 3.38. The van der Waals surface area contributed by atoms with Crippen molar-refractivity contribution in [3.8, 4) is 0 Å². The first kappa shape index (κ1) is 21.0. The van der Waals surface area contributed by atoms with Crippen molar-refractivity contribution in [3.63, 3.8) is 0 Å².